The number of aliphatic carboxylic acids is 1. The molecule has 4 heterocycles. The predicted octanol–water partition coefficient (Wildman–Crippen LogP) is 3.69. The second kappa shape index (κ2) is 10.2. The quantitative estimate of drug-likeness (QED) is 0.561. The molecule has 1 saturated heterocycles. The zero-order valence-electron chi connectivity index (χ0n) is 19.8. The third kappa shape index (κ3) is 5.22. The van der Waals surface area contributed by atoms with Crippen molar-refractivity contribution in [1.82, 2.24) is 19.4 Å². The van der Waals surface area contributed by atoms with Crippen LogP contribution in [-0.4, -0.2) is 62.5 Å². The van der Waals surface area contributed by atoms with E-state index in [4.69, 9.17) is 5.11 Å². The Morgan fingerprint density at radius 2 is 1.94 bits per heavy atom. The normalized spacial score (nSPS) is 17.0. The number of carbonyl (C=O) groups excluding carboxylic acids is 1. The molecule has 2 aromatic heterocycles. The van der Waals surface area contributed by atoms with Gasteiger partial charge in [-0.15, -0.1) is 0 Å². The molecule has 0 atom stereocenters. The number of pyridine rings is 1. The van der Waals surface area contributed by atoms with Crippen molar-refractivity contribution in [3.8, 4) is 0 Å². The Kier molecular flexibility index (Phi) is 6.81. The number of likely N-dealkylation sites (tertiary alicyclic amines) is 1. The lowest BCUT2D eigenvalue weighted by atomic mass is 9.93. The molecule has 2 aliphatic heterocycles. The minimum Gasteiger partial charge on any atom is -0.481 e. The van der Waals surface area contributed by atoms with E-state index in [9.17, 15) is 14.0 Å². The number of carboxylic acids is 1. The average molecular weight is 479 g/mol. The lowest BCUT2D eigenvalue weighted by molar-refractivity contribution is -0.138. The molecular weight excluding hydrogens is 447 g/mol. The molecular formula is C27H31FN4O3. The van der Waals surface area contributed by atoms with Crippen molar-refractivity contribution >= 4 is 22.9 Å². The SMILES string of the molecule is O=C(O)CC1CCN(CCC(=O)N2CCc3c(n(Cc4cccc(F)c4)c4ncccc34)C2)CC1. The topological polar surface area (TPSA) is 78.7 Å². The van der Waals surface area contributed by atoms with Crippen LogP contribution in [0.15, 0.2) is 42.6 Å². The van der Waals surface area contributed by atoms with Crippen LogP contribution in [0, 0.1) is 11.7 Å². The third-order valence-corrected chi connectivity index (χ3v) is 7.41. The molecule has 3 aromatic rings. The largest absolute Gasteiger partial charge is 0.481 e. The fourth-order valence-electron chi connectivity index (χ4n) is 5.53. The Labute approximate surface area is 204 Å². The Bertz CT molecular complexity index is 1230. The highest BCUT2D eigenvalue weighted by Crippen LogP contribution is 2.31. The first-order chi connectivity index (χ1) is 17.0. The van der Waals surface area contributed by atoms with Crippen LogP contribution in [0.25, 0.3) is 11.0 Å². The highest BCUT2D eigenvalue weighted by molar-refractivity contribution is 5.84. The summed E-state index contributed by atoms with van der Waals surface area (Å²) in [5, 5.41) is 10.1. The monoisotopic (exact) mass is 478 g/mol. The molecule has 0 bridgehead atoms. The van der Waals surface area contributed by atoms with Gasteiger partial charge < -0.3 is 19.5 Å². The molecule has 0 unspecified atom stereocenters. The van der Waals surface area contributed by atoms with Gasteiger partial charge in [0, 0.05) is 49.8 Å². The van der Waals surface area contributed by atoms with Crippen LogP contribution in [-0.2, 0) is 29.1 Å². The number of hydrogen-bond donors (Lipinski definition) is 1. The van der Waals surface area contributed by atoms with Gasteiger partial charge in [-0.1, -0.05) is 12.1 Å². The summed E-state index contributed by atoms with van der Waals surface area (Å²) in [6.07, 6.45) is 5.00. The lowest BCUT2D eigenvalue weighted by Gasteiger charge is -2.32. The molecule has 8 heteroatoms. The van der Waals surface area contributed by atoms with Crippen LogP contribution in [0.1, 0.15) is 42.5 Å². The van der Waals surface area contributed by atoms with Crippen molar-refractivity contribution in [1.29, 1.82) is 0 Å². The number of aromatic nitrogens is 2. The van der Waals surface area contributed by atoms with Gasteiger partial charge in [-0.05, 0) is 73.7 Å². The Morgan fingerprint density at radius 1 is 1.11 bits per heavy atom. The number of halogens is 1. The van der Waals surface area contributed by atoms with Crippen molar-refractivity contribution in [3.63, 3.8) is 0 Å². The molecule has 0 saturated carbocycles. The van der Waals surface area contributed by atoms with E-state index in [0.29, 0.717) is 32.6 Å². The van der Waals surface area contributed by atoms with Crippen molar-refractivity contribution in [2.75, 3.05) is 26.2 Å². The van der Waals surface area contributed by atoms with E-state index in [2.05, 4.69) is 20.5 Å². The highest BCUT2D eigenvalue weighted by Gasteiger charge is 2.28. The minimum absolute atomic E-state index is 0.138. The molecule has 0 aliphatic carbocycles. The van der Waals surface area contributed by atoms with Gasteiger partial charge in [0.05, 0.1) is 6.54 Å². The number of fused-ring (bicyclic) bond motifs is 3. The maximum Gasteiger partial charge on any atom is 0.303 e. The zero-order valence-corrected chi connectivity index (χ0v) is 19.8. The van der Waals surface area contributed by atoms with Gasteiger partial charge in [-0.25, -0.2) is 9.37 Å². The summed E-state index contributed by atoms with van der Waals surface area (Å²) in [5.74, 6) is -0.606. The summed E-state index contributed by atoms with van der Waals surface area (Å²) in [4.78, 5) is 32.9. The number of piperidine rings is 1. The van der Waals surface area contributed by atoms with Crippen LogP contribution in [0.4, 0.5) is 4.39 Å². The molecule has 35 heavy (non-hydrogen) atoms. The summed E-state index contributed by atoms with van der Waals surface area (Å²) in [6.45, 7) is 4.12. The Balaban J connectivity index is 1.27. The lowest BCUT2D eigenvalue weighted by Crippen LogP contribution is -2.40. The molecule has 7 nitrogen and oxygen atoms in total. The maximum atomic E-state index is 13.8. The highest BCUT2D eigenvalue weighted by atomic mass is 19.1. The van der Waals surface area contributed by atoms with E-state index in [0.717, 1.165) is 54.6 Å². The van der Waals surface area contributed by atoms with Crippen molar-refractivity contribution in [3.05, 3.63) is 65.2 Å². The van der Waals surface area contributed by atoms with Crippen LogP contribution >= 0.6 is 0 Å². The smallest absolute Gasteiger partial charge is 0.303 e. The molecule has 1 amide bonds. The molecule has 1 aromatic carbocycles. The number of carboxylic acid groups (broad SMARTS) is 1. The van der Waals surface area contributed by atoms with Crippen LogP contribution < -0.4 is 0 Å². The Hall–Kier alpha value is -3.26. The van der Waals surface area contributed by atoms with E-state index in [-0.39, 0.29) is 24.1 Å². The fourth-order valence-corrected chi connectivity index (χ4v) is 5.53. The van der Waals surface area contributed by atoms with Crippen molar-refractivity contribution in [2.24, 2.45) is 5.92 Å². The first-order valence-electron chi connectivity index (χ1n) is 12.4. The zero-order chi connectivity index (χ0) is 24.4. The number of hydrogen-bond acceptors (Lipinski definition) is 4. The van der Waals surface area contributed by atoms with Gasteiger partial charge >= 0.3 is 5.97 Å². The summed E-state index contributed by atoms with van der Waals surface area (Å²) < 4.78 is 16.0. The minimum atomic E-state index is -0.729. The molecule has 184 valence electrons. The molecule has 0 radical (unpaired) electrons. The van der Waals surface area contributed by atoms with Crippen LogP contribution in [0.3, 0.4) is 0 Å². The predicted molar refractivity (Wildman–Crippen MR) is 130 cm³/mol. The third-order valence-electron chi connectivity index (χ3n) is 7.41. The maximum absolute atomic E-state index is 13.8. The average Bonchev–Trinajstić information content (AvgIpc) is 3.16. The standard InChI is InChI=1S/C27H31FN4O3/c28-21-4-1-3-20(15-21)17-32-24-18-31(14-8-22(24)23-5-2-10-29-27(23)32)25(33)9-13-30-11-6-19(7-12-30)16-26(34)35/h1-5,10,15,19H,6-9,11-14,16-18H2,(H,34,35). The summed E-state index contributed by atoms with van der Waals surface area (Å²) >= 11 is 0. The van der Waals surface area contributed by atoms with Crippen molar-refractivity contribution in [2.45, 2.75) is 45.2 Å². The van der Waals surface area contributed by atoms with Crippen molar-refractivity contribution < 1.29 is 19.1 Å². The number of rotatable bonds is 7. The van der Waals surface area contributed by atoms with Gasteiger partial charge in [0.2, 0.25) is 5.91 Å². The first kappa shape index (κ1) is 23.5. The molecule has 5 rings (SSSR count). The number of nitrogens with zero attached hydrogens (tertiary/aromatic N) is 4. The van der Waals surface area contributed by atoms with E-state index in [1.165, 1.54) is 11.6 Å². The molecule has 1 fully saturated rings. The van der Waals surface area contributed by atoms with Gasteiger partial charge in [-0.3, -0.25) is 9.59 Å². The second-order valence-corrected chi connectivity index (χ2v) is 9.71. The van der Waals surface area contributed by atoms with Crippen LogP contribution in [0.5, 0.6) is 0 Å². The molecule has 0 spiro atoms. The molecule has 1 N–H and O–H groups in total. The van der Waals surface area contributed by atoms with E-state index in [1.54, 1.807) is 18.3 Å². The molecule has 2 aliphatic rings. The van der Waals surface area contributed by atoms with E-state index < -0.39 is 5.97 Å². The summed E-state index contributed by atoms with van der Waals surface area (Å²) in [7, 11) is 0. The van der Waals surface area contributed by atoms with E-state index >= 15 is 0 Å². The number of carbonyl (C=O) groups is 2. The van der Waals surface area contributed by atoms with Gasteiger partial charge in [0.15, 0.2) is 0 Å². The van der Waals surface area contributed by atoms with Gasteiger partial charge in [0.25, 0.3) is 0 Å². The second-order valence-electron chi connectivity index (χ2n) is 9.71. The number of benzene rings is 1. The number of amides is 1. The first-order valence-corrected chi connectivity index (χ1v) is 12.4. The summed E-state index contributed by atoms with van der Waals surface area (Å²) in [5.41, 5.74) is 4.05. The van der Waals surface area contributed by atoms with Gasteiger partial charge in [-0.2, -0.15) is 0 Å². The summed E-state index contributed by atoms with van der Waals surface area (Å²) in [6, 6.07) is 10.6. The fraction of sp³-hybridized carbons (Fsp3) is 0.444. The van der Waals surface area contributed by atoms with E-state index in [1.807, 2.05) is 17.0 Å². The Morgan fingerprint density at radius 3 is 2.71 bits per heavy atom. The van der Waals surface area contributed by atoms with Gasteiger partial charge in [0.1, 0.15) is 11.5 Å². The van der Waals surface area contributed by atoms with Crippen LogP contribution in [0.2, 0.25) is 0 Å².